The fourth-order valence-corrected chi connectivity index (χ4v) is 2.64. The van der Waals surface area contributed by atoms with Crippen LogP contribution in [-0.4, -0.2) is 38.1 Å². The predicted octanol–water partition coefficient (Wildman–Crippen LogP) is 2.73. The van der Waals surface area contributed by atoms with Gasteiger partial charge in [0.25, 0.3) is 0 Å². The predicted molar refractivity (Wildman–Crippen MR) is 79.1 cm³/mol. The molecule has 1 aromatic rings. The van der Waals surface area contributed by atoms with Crippen LogP contribution in [-0.2, 0) is 4.74 Å². The van der Waals surface area contributed by atoms with Crippen molar-refractivity contribution in [3.63, 3.8) is 0 Å². The van der Waals surface area contributed by atoms with Gasteiger partial charge in [0.2, 0.25) is 0 Å². The highest BCUT2D eigenvalue weighted by Gasteiger charge is 2.32. The summed E-state index contributed by atoms with van der Waals surface area (Å²) in [4.78, 5) is 0. The van der Waals surface area contributed by atoms with Gasteiger partial charge >= 0.3 is 6.61 Å². The highest BCUT2D eigenvalue weighted by Crippen LogP contribution is 2.30. The summed E-state index contributed by atoms with van der Waals surface area (Å²) < 4.78 is 34.3. The summed E-state index contributed by atoms with van der Waals surface area (Å²) in [7, 11) is 0. The van der Waals surface area contributed by atoms with E-state index < -0.39 is 6.61 Å². The lowest BCUT2D eigenvalue weighted by Crippen LogP contribution is -2.42. The molecule has 1 aliphatic rings. The molecule has 0 aliphatic carbocycles. The van der Waals surface area contributed by atoms with Crippen molar-refractivity contribution in [1.82, 2.24) is 5.32 Å². The number of benzene rings is 1. The van der Waals surface area contributed by atoms with E-state index in [9.17, 15) is 13.9 Å². The first-order valence-corrected chi connectivity index (χ1v) is 7.51. The molecule has 1 aromatic carbocycles. The second kappa shape index (κ2) is 7.85. The van der Waals surface area contributed by atoms with Crippen LogP contribution in [0.15, 0.2) is 24.3 Å². The van der Waals surface area contributed by atoms with Crippen molar-refractivity contribution in [2.45, 2.75) is 32.4 Å². The van der Waals surface area contributed by atoms with Crippen LogP contribution in [0.2, 0.25) is 0 Å². The molecule has 1 aliphatic heterocycles. The van der Waals surface area contributed by atoms with E-state index in [1.165, 1.54) is 6.07 Å². The molecule has 0 amide bonds. The summed E-state index contributed by atoms with van der Waals surface area (Å²) in [5, 5.41) is 13.1. The topological polar surface area (TPSA) is 50.7 Å². The van der Waals surface area contributed by atoms with Crippen LogP contribution in [0.5, 0.6) is 5.75 Å². The fraction of sp³-hybridized carbons (Fsp3) is 0.625. The molecule has 0 radical (unpaired) electrons. The van der Waals surface area contributed by atoms with Crippen LogP contribution in [0.3, 0.4) is 0 Å². The molecule has 1 saturated heterocycles. The molecule has 6 heteroatoms. The van der Waals surface area contributed by atoms with Gasteiger partial charge in [-0.25, -0.2) is 0 Å². The first-order valence-electron chi connectivity index (χ1n) is 7.51. The summed E-state index contributed by atoms with van der Waals surface area (Å²) in [5.74, 6) is 0.157. The lowest BCUT2D eigenvalue weighted by Gasteiger charge is -2.36. The summed E-state index contributed by atoms with van der Waals surface area (Å²) in [6.07, 6.45) is 1.63. The maximum absolute atomic E-state index is 12.3. The Labute approximate surface area is 129 Å². The molecule has 1 fully saturated rings. The van der Waals surface area contributed by atoms with Gasteiger partial charge in [-0.2, -0.15) is 8.78 Å². The number of alkyl halides is 2. The molecular weight excluding hydrogens is 292 g/mol. The number of hydrogen-bond donors (Lipinski definition) is 2. The fourth-order valence-electron chi connectivity index (χ4n) is 2.64. The average molecular weight is 315 g/mol. The second-order valence-corrected chi connectivity index (χ2v) is 5.82. The third-order valence-corrected chi connectivity index (χ3v) is 4.26. The second-order valence-electron chi connectivity index (χ2n) is 5.82. The first-order chi connectivity index (χ1) is 10.5. The van der Waals surface area contributed by atoms with Crippen LogP contribution in [0, 0.1) is 5.41 Å². The smallest absolute Gasteiger partial charge is 0.387 e. The molecule has 1 atom stereocenters. The van der Waals surface area contributed by atoms with Gasteiger partial charge in [0.1, 0.15) is 5.75 Å². The van der Waals surface area contributed by atoms with Crippen LogP contribution >= 0.6 is 0 Å². The Balaban J connectivity index is 1.95. The molecule has 4 nitrogen and oxygen atoms in total. The Hall–Kier alpha value is -1.24. The minimum atomic E-state index is -2.82. The normalized spacial score (nSPS) is 19.1. The Morgan fingerprint density at radius 1 is 1.36 bits per heavy atom. The summed E-state index contributed by atoms with van der Waals surface area (Å²) in [6.45, 7) is 1.24. The number of aliphatic hydroxyl groups is 1. The van der Waals surface area contributed by atoms with E-state index in [2.05, 4.69) is 10.1 Å². The van der Waals surface area contributed by atoms with Gasteiger partial charge in [-0.15, -0.1) is 0 Å². The molecule has 22 heavy (non-hydrogen) atoms. The molecular formula is C16H23F2NO3. The monoisotopic (exact) mass is 315 g/mol. The quantitative estimate of drug-likeness (QED) is 0.812. The molecule has 2 N–H and O–H groups in total. The van der Waals surface area contributed by atoms with Crippen LogP contribution in [0.1, 0.15) is 31.4 Å². The number of hydrogen-bond acceptors (Lipinski definition) is 4. The zero-order chi connectivity index (χ0) is 16.0. The van der Waals surface area contributed by atoms with Crippen LogP contribution < -0.4 is 10.1 Å². The highest BCUT2D eigenvalue weighted by molar-refractivity contribution is 5.30. The number of nitrogens with one attached hydrogen (secondary N) is 1. The van der Waals surface area contributed by atoms with Gasteiger partial charge in [0.05, 0.1) is 6.61 Å². The minimum Gasteiger partial charge on any atom is -0.435 e. The molecule has 1 unspecified atom stereocenters. The number of ether oxygens (including phenoxy) is 2. The third kappa shape index (κ3) is 4.63. The molecule has 0 aromatic heterocycles. The number of halogens is 2. The van der Waals surface area contributed by atoms with Crippen LogP contribution in [0.4, 0.5) is 8.78 Å². The van der Waals surface area contributed by atoms with Crippen molar-refractivity contribution < 1.29 is 23.4 Å². The van der Waals surface area contributed by atoms with E-state index in [0.717, 1.165) is 18.4 Å². The SMILES string of the molecule is CC(NCC1(CO)CCOCC1)c1cccc(OC(F)F)c1. The maximum Gasteiger partial charge on any atom is 0.387 e. The van der Waals surface area contributed by atoms with Gasteiger partial charge in [-0.1, -0.05) is 12.1 Å². The maximum atomic E-state index is 12.3. The lowest BCUT2D eigenvalue weighted by atomic mass is 9.80. The van der Waals surface area contributed by atoms with E-state index in [1.54, 1.807) is 12.1 Å². The van der Waals surface area contributed by atoms with Gasteiger partial charge in [0.15, 0.2) is 0 Å². The van der Waals surface area contributed by atoms with Crippen molar-refractivity contribution >= 4 is 0 Å². The Kier molecular flexibility index (Phi) is 6.11. The minimum absolute atomic E-state index is 0.0208. The lowest BCUT2D eigenvalue weighted by molar-refractivity contribution is -0.0499. The molecule has 124 valence electrons. The number of aliphatic hydroxyl groups excluding tert-OH is 1. The van der Waals surface area contributed by atoms with Gasteiger partial charge in [0, 0.05) is 31.2 Å². The van der Waals surface area contributed by atoms with E-state index in [1.807, 2.05) is 13.0 Å². The van der Waals surface area contributed by atoms with Crippen molar-refractivity contribution in [2.75, 3.05) is 26.4 Å². The highest BCUT2D eigenvalue weighted by atomic mass is 19.3. The Morgan fingerprint density at radius 3 is 2.73 bits per heavy atom. The zero-order valence-electron chi connectivity index (χ0n) is 12.7. The van der Waals surface area contributed by atoms with Crippen molar-refractivity contribution in [3.8, 4) is 5.75 Å². The van der Waals surface area contributed by atoms with Gasteiger partial charge in [-0.3, -0.25) is 0 Å². The molecule has 0 saturated carbocycles. The Morgan fingerprint density at radius 2 is 2.09 bits per heavy atom. The van der Waals surface area contributed by atoms with E-state index >= 15 is 0 Å². The summed E-state index contributed by atoms with van der Waals surface area (Å²) in [5.41, 5.74) is 0.710. The molecule has 0 spiro atoms. The summed E-state index contributed by atoms with van der Waals surface area (Å²) >= 11 is 0. The molecule has 0 bridgehead atoms. The van der Waals surface area contributed by atoms with E-state index in [-0.39, 0.29) is 23.8 Å². The van der Waals surface area contributed by atoms with Crippen molar-refractivity contribution in [3.05, 3.63) is 29.8 Å². The molecule has 2 rings (SSSR count). The Bertz CT molecular complexity index is 464. The van der Waals surface area contributed by atoms with Crippen LogP contribution in [0.25, 0.3) is 0 Å². The first kappa shape index (κ1) is 17.1. The summed E-state index contributed by atoms with van der Waals surface area (Å²) in [6, 6.07) is 6.66. The van der Waals surface area contributed by atoms with Gasteiger partial charge in [-0.05, 0) is 37.5 Å². The number of rotatable bonds is 7. The van der Waals surface area contributed by atoms with Crippen molar-refractivity contribution in [1.29, 1.82) is 0 Å². The molecule has 1 heterocycles. The largest absolute Gasteiger partial charge is 0.435 e. The standard InChI is InChI=1S/C16H23F2NO3/c1-12(13-3-2-4-14(9-13)22-15(17)18)19-10-16(11-20)5-7-21-8-6-16/h2-4,9,12,15,19-20H,5-8,10-11H2,1H3. The van der Waals surface area contributed by atoms with Crippen molar-refractivity contribution in [2.24, 2.45) is 5.41 Å². The van der Waals surface area contributed by atoms with Gasteiger partial charge < -0.3 is 19.9 Å². The van der Waals surface area contributed by atoms with E-state index in [0.29, 0.717) is 19.8 Å². The zero-order valence-corrected chi connectivity index (χ0v) is 12.7. The third-order valence-electron chi connectivity index (χ3n) is 4.26. The van der Waals surface area contributed by atoms with E-state index in [4.69, 9.17) is 4.74 Å². The average Bonchev–Trinajstić information content (AvgIpc) is 2.53.